The molecule has 0 radical (unpaired) electrons. The Hall–Kier alpha value is -1.31. The summed E-state index contributed by atoms with van der Waals surface area (Å²) >= 11 is 0. The first-order chi connectivity index (χ1) is 10.2. The predicted octanol–water partition coefficient (Wildman–Crippen LogP) is 5.82. The van der Waals surface area contributed by atoms with E-state index >= 15 is 0 Å². The number of ether oxygens (including phenoxy) is 1. The van der Waals surface area contributed by atoms with Gasteiger partial charge in [0.05, 0.1) is 12.4 Å². The fourth-order valence-corrected chi connectivity index (χ4v) is 3.41. The first kappa shape index (κ1) is 16.1. The van der Waals surface area contributed by atoms with Crippen LogP contribution in [0.5, 0.6) is 0 Å². The maximum absolute atomic E-state index is 13.0. The molecule has 1 aromatic rings. The molecule has 0 amide bonds. The Morgan fingerprint density at radius 1 is 1.24 bits per heavy atom. The van der Waals surface area contributed by atoms with Crippen LogP contribution in [0.1, 0.15) is 63.9 Å². The quantitative estimate of drug-likeness (QED) is 0.600. The Labute approximate surface area is 128 Å². The second-order valence-electron chi connectivity index (χ2n) is 6.00. The standard InChI is InChI=1S/C19H27FO/c1-3-6-19(21-4-2)14-15-7-5-8-17(13-15)16-9-11-18(20)12-10-16/h6,9-12,15,17H,3-5,7-8,13-14H2,1-2H3/b19-6+. The number of benzene rings is 1. The summed E-state index contributed by atoms with van der Waals surface area (Å²) in [4.78, 5) is 0. The third-order valence-corrected chi connectivity index (χ3v) is 4.38. The van der Waals surface area contributed by atoms with E-state index in [2.05, 4.69) is 13.0 Å². The van der Waals surface area contributed by atoms with E-state index in [1.165, 1.54) is 31.2 Å². The Bertz CT molecular complexity index is 449. The molecule has 1 aliphatic rings. The summed E-state index contributed by atoms with van der Waals surface area (Å²) in [5.41, 5.74) is 1.29. The molecule has 0 spiro atoms. The number of rotatable bonds is 6. The van der Waals surface area contributed by atoms with Gasteiger partial charge < -0.3 is 4.74 Å². The molecule has 1 aliphatic carbocycles. The van der Waals surface area contributed by atoms with Gasteiger partial charge in [-0.15, -0.1) is 0 Å². The molecular formula is C19H27FO. The third-order valence-electron chi connectivity index (χ3n) is 4.38. The minimum Gasteiger partial charge on any atom is -0.499 e. The van der Waals surface area contributed by atoms with Crippen molar-refractivity contribution in [3.63, 3.8) is 0 Å². The summed E-state index contributed by atoms with van der Waals surface area (Å²) < 4.78 is 18.8. The first-order valence-corrected chi connectivity index (χ1v) is 8.30. The smallest absolute Gasteiger partial charge is 0.123 e. The van der Waals surface area contributed by atoms with Crippen LogP contribution in [0.15, 0.2) is 36.1 Å². The Kier molecular flexibility index (Phi) is 6.28. The summed E-state index contributed by atoms with van der Waals surface area (Å²) in [6, 6.07) is 7.07. The molecule has 0 aliphatic heterocycles. The van der Waals surface area contributed by atoms with Gasteiger partial charge >= 0.3 is 0 Å². The van der Waals surface area contributed by atoms with E-state index in [9.17, 15) is 4.39 Å². The van der Waals surface area contributed by atoms with Gasteiger partial charge in [-0.25, -0.2) is 4.39 Å². The molecule has 116 valence electrons. The lowest BCUT2D eigenvalue weighted by atomic mass is 9.76. The lowest BCUT2D eigenvalue weighted by Crippen LogP contribution is -2.15. The van der Waals surface area contributed by atoms with Crippen LogP contribution in [0.4, 0.5) is 4.39 Å². The Morgan fingerprint density at radius 3 is 2.67 bits per heavy atom. The molecule has 0 aromatic heterocycles. The number of hydrogen-bond donors (Lipinski definition) is 0. The molecule has 0 bridgehead atoms. The van der Waals surface area contributed by atoms with E-state index in [-0.39, 0.29) is 5.82 Å². The van der Waals surface area contributed by atoms with Gasteiger partial charge in [0.15, 0.2) is 0 Å². The van der Waals surface area contributed by atoms with E-state index in [1.54, 1.807) is 12.1 Å². The zero-order valence-electron chi connectivity index (χ0n) is 13.3. The van der Waals surface area contributed by atoms with Crippen LogP contribution in [-0.4, -0.2) is 6.61 Å². The van der Waals surface area contributed by atoms with Gasteiger partial charge in [-0.2, -0.15) is 0 Å². The molecular weight excluding hydrogens is 263 g/mol. The third kappa shape index (κ3) is 4.87. The van der Waals surface area contributed by atoms with Gasteiger partial charge in [0, 0.05) is 6.42 Å². The van der Waals surface area contributed by atoms with Crippen LogP contribution in [0, 0.1) is 11.7 Å². The molecule has 2 heteroatoms. The average molecular weight is 290 g/mol. The van der Waals surface area contributed by atoms with Crippen molar-refractivity contribution in [2.75, 3.05) is 6.61 Å². The van der Waals surface area contributed by atoms with Crippen LogP contribution in [0.2, 0.25) is 0 Å². The van der Waals surface area contributed by atoms with Crippen LogP contribution in [0.25, 0.3) is 0 Å². The van der Waals surface area contributed by atoms with E-state index < -0.39 is 0 Å². The van der Waals surface area contributed by atoms with Crippen molar-refractivity contribution >= 4 is 0 Å². The van der Waals surface area contributed by atoms with Gasteiger partial charge in [-0.3, -0.25) is 0 Å². The van der Waals surface area contributed by atoms with E-state index in [4.69, 9.17) is 4.74 Å². The lowest BCUT2D eigenvalue weighted by molar-refractivity contribution is 0.191. The van der Waals surface area contributed by atoms with Gasteiger partial charge in [0.1, 0.15) is 5.82 Å². The molecule has 2 unspecified atom stereocenters. The maximum atomic E-state index is 13.0. The molecule has 21 heavy (non-hydrogen) atoms. The van der Waals surface area contributed by atoms with Gasteiger partial charge in [-0.05, 0) is 68.2 Å². The van der Waals surface area contributed by atoms with Crippen molar-refractivity contribution in [1.29, 1.82) is 0 Å². The van der Waals surface area contributed by atoms with Gasteiger partial charge in [-0.1, -0.05) is 25.5 Å². The highest BCUT2D eigenvalue weighted by atomic mass is 19.1. The van der Waals surface area contributed by atoms with Crippen molar-refractivity contribution in [3.05, 3.63) is 47.5 Å². The predicted molar refractivity (Wildman–Crippen MR) is 85.7 cm³/mol. The first-order valence-electron chi connectivity index (χ1n) is 8.30. The van der Waals surface area contributed by atoms with Crippen molar-refractivity contribution in [2.24, 2.45) is 5.92 Å². The summed E-state index contributed by atoms with van der Waals surface area (Å²) in [5, 5.41) is 0. The monoisotopic (exact) mass is 290 g/mol. The summed E-state index contributed by atoms with van der Waals surface area (Å²) in [5.74, 6) is 2.28. The number of hydrogen-bond acceptors (Lipinski definition) is 1. The molecule has 0 saturated heterocycles. The summed E-state index contributed by atoms with van der Waals surface area (Å²) in [6.45, 7) is 4.95. The second-order valence-corrected chi connectivity index (χ2v) is 6.00. The topological polar surface area (TPSA) is 9.23 Å². The normalized spacial score (nSPS) is 23.1. The summed E-state index contributed by atoms with van der Waals surface area (Å²) in [7, 11) is 0. The highest BCUT2D eigenvalue weighted by Crippen LogP contribution is 2.38. The van der Waals surface area contributed by atoms with E-state index in [0.29, 0.717) is 11.8 Å². The molecule has 1 saturated carbocycles. The van der Waals surface area contributed by atoms with Crippen molar-refractivity contribution < 1.29 is 9.13 Å². The molecule has 1 nitrogen and oxygen atoms in total. The minimum absolute atomic E-state index is 0.143. The second kappa shape index (κ2) is 8.21. The molecule has 2 atom stereocenters. The highest BCUT2D eigenvalue weighted by molar-refractivity contribution is 5.21. The molecule has 0 N–H and O–H groups in total. The van der Waals surface area contributed by atoms with E-state index in [1.807, 2.05) is 19.1 Å². The Balaban J connectivity index is 1.96. The fraction of sp³-hybridized carbons (Fsp3) is 0.579. The molecule has 0 heterocycles. The van der Waals surface area contributed by atoms with E-state index in [0.717, 1.165) is 25.2 Å². The summed E-state index contributed by atoms with van der Waals surface area (Å²) in [6.07, 6.45) is 9.27. The lowest BCUT2D eigenvalue weighted by Gasteiger charge is -2.30. The molecule has 1 aromatic carbocycles. The minimum atomic E-state index is -0.143. The van der Waals surface area contributed by atoms with Crippen LogP contribution >= 0.6 is 0 Å². The molecule has 2 rings (SSSR count). The number of allylic oxidation sites excluding steroid dienone is 2. The average Bonchev–Trinajstić information content (AvgIpc) is 2.49. The van der Waals surface area contributed by atoms with Crippen molar-refractivity contribution in [3.8, 4) is 0 Å². The van der Waals surface area contributed by atoms with Crippen LogP contribution in [0.3, 0.4) is 0 Å². The zero-order valence-corrected chi connectivity index (χ0v) is 13.3. The van der Waals surface area contributed by atoms with Crippen molar-refractivity contribution in [2.45, 2.75) is 58.3 Å². The highest BCUT2D eigenvalue weighted by Gasteiger charge is 2.24. The Morgan fingerprint density at radius 2 is 2.00 bits per heavy atom. The number of halogens is 1. The fourth-order valence-electron chi connectivity index (χ4n) is 3.41. The maximum Gasteiger partial charge on any atom is 0.123 e. The SMILES string of the molecule is CC/C=C(\CC1CCCC(c2ccc(F)cc2)C1)OCC. The van der Waals surface area contributed by atoms with Gasteiger partial charge in [0.2, 0.25) is 0 Å². The van der Waals surface area contributed by atoms with Gasteiger partial charge in [0.25, 0.3) is 0 Å². The van der Waals surface area contributed by atoms with Crippen molar-refractivity contribution in [1.82, 2.24) is 0 Å². The molecule has 1 fully saturated rings. The van der Waals surface area contributed by atoms with Crippen LogP contribution < -0.4 is 0 Å². The largest absolute Gasteiger partial charge is 0.499 e. The van der Waals surface area contributed by atoms with Crippen LogP contribution in [-0.2, 0) is 4.74 Å². The zero-order chi connectivity index (χ0) is 15.1.